The van der Waals surface area contributed by atoms with Gasteiger partial charge in [-0.25, -0.2) is 4.98 Å². The van der Waals surface area contributed by atoms with Crippen molar-refractivity contribution in [2.45, 2.75) is 0 Å². The molecule has 0 saturated heterocycles. The van der Waals surface area contributed by atoms with Crippen molar-refractivity contribution in [1.82, 2.24) is 4.98 Å². The molecular weight excluding hydrogens is 314 g/mol. The summed E-state index contributed by atoms with van der Waals surface area (Å²) in [6.45, 7) is 0. The highest BCUT2D eigenvalue weighted by Gasteiger charge is 2.14. The van der Waals surface area contributed by atoms with Crippen molar-refractivity contribution in [2.24, 2.45) is 0 Å². The van der Waals surface area contributed by atoms with Gasteiger partial charge in [0.2, 0.25) is 5.82 Å². The first kappa shape index (κ1) is 13.3. The Morgan fingerprint density at radius 2 is 2.21 bits per heavy atom. The summed E-state index contributed by atoms with van der Waals surface area (Å²) >= 11 is 3.34. The molecule has 0 aliphatic heterocycles. The van der Waals surface area contributed by atoms with E-state index in [0.717, 1.165) is 4.47 Å². The molecule has 0 fully saturated rings. The Morgan fingerprint density at radius 1 is 1.42 bits per heavy atom. The molecule has 19 heavy (non-hydrogen) atoms. The summed E-state index contributed by atoms with van der Waals surface area (Å²) in [4.78, 5) is 14.4. The lowest BCUT2D eigenvalue weighted by atomic mass is 10.3. The Balaban J connectivity index is 2.34. The highest BCUT2D eigenvalue weighted by molar-refractivity contribution is 9.10. The summed E-state index contributed by atoms with van der Waals surface area (Å²) < 4.78 is 5.96. The molecule has 6 nitrogen and oxygen atoms in total. The second-order valence-corrected chi connectivity index (χ2v) is 4.46. The Labute approximate surface area is 117 Å². The zero-order valence-electron chi connectivity index (χ0n) is 9.96. The van der Waals surface area contributed by atoms with Gasteiger partial charge in [0.25, 0.3) is 0 Å². The summed E-state index contributed by atoms with van der Waals surface area (Å²) in [6, 6.07) is 8.19. The zero-order valence-corrected chi connectivity index (χ0v) is 11.5. The van der Waals surface area contributed by atoms with Crippen LogP contribution in [0, 0.1) is 10.1 Å². The Morgan fingerprint density at radius 3 is 2.89 bits per heavy atom. The van der Waals surface area contributed by atoms with Crippen LogP contribution in [-0.4, -0.2) is 17.0 Å². The lowest BCUT2D eigenvalue weighted by Gasteiger charge is -2.08. The van der Waals surface area contributed by atoms with Gasteiger partial charge in [0, 0.05) is 24.0 Å². The van der Waals surface area contributed by atoms with Crippen molar-refractivity contribution in [2.75, 3.05) is 12.4 Å². The number of hydrogen-bond acceptors (Lipinski definition) is 5. The zero-order chi connectivity index (χ0) is 13.8. The molecule has 2 rings (SSSR count). The molecule has 0 spiro atoms. The standard InChI is InChI=1S/C12H10BrN3O3/c1-19-11-7-8(4-5-9(11)13)15-12-10(16(17)18)3-2-6-14-12/h2-7H,1H3,(H,14,15). The summed E-state index contributed by atoms with van der Waals surface area (Å²) in [5.41, 5.74) is 0.575. The number of halogens is 1. The minimum atomic E-state index is -0.481. The van der Waals surface area contributed by atoms with Crippen molar-refractivity contribution in [1.29, 1.82) is 0 Å². The van der Waals surface area contributed by atoms with Crippen LogP contribution in [0.5, 0.6) is 5.75 Å². The number of nitrogens with zero attached hydrogens (tertiary/aromatic N) is 2. The predicted octanol–water partition coefficient (Wildman–Crippen LogP) is 3.50. The molecule has 1 aromatic carbocycles. The molecule has 1 aromatic heterocycles. The van der Waals surface area contributed by atoms with Gasteiger partial charge in [-0.05, 0) is 34.1 Å². The van der Waals surface area contributed by atoms with Gasteiger partial charge in [0.1, 0.15) is 5.75 Å². The number of hydrogen-bond donors (Lipinski definition) is 1. The van der Waals surface area contributed by atoms with Gasteiger partial charge >= 0.3 is 5.69 Å². The number of methoxy groups -OCH3 is 1. The normalized spacial score (nSPS) is 10.0. The third-order valence-corrected chi connectivity index (χ3v) is 3.05. The van der Waals surface area contributed by atoms with Crippen molar-refractivity contribution in [3.63, 3.8) is 0 Å². The topological polar surface area (TPSA) is 77.3 Å². The number of benzene rings is 1. The summed E-state index contributed by atoms with van der Waals surface area (Å²) in [7, 11) is 1.55. The minimum absolute atomic E-state index is 0.0793. The van der Waals surface area contributed by atoms with E-state index in [1.807, 2.05) is 0 Å². The van der Waals surface area contributed by atoms with E-state index in [1.54, 1.807) is 25.3 Å². The summed E-state index contributed by atoms with van der Waals surface area (Å²) in [5, 5.41) is 13.8. The first-order valence-corrected chi connectivity index (χ1v) is 6.11. The average Bonchev–Trinajstić information content (AvgIpc) is 2.41. The van der Waals surface area contributed by atoms with Crippen molar-refractivity contribution < 1.29 is 9.66 Å². The first-order chi connectivity index (χ1) is 9.11. The van der Waals surface area contributed by atoms with E-state index in [9.17, 15) is 10.1 Å². The van der Waals surface area contributed by atoms with E-state index in [2.05, 4.69) is 26.2 Å². The number of pyridine rings is 1. The molecule has 0 radical (unpaired) electrons. The van der Waals surface area contributed by atoms with Gasteiger partial charge in [-0.3, -0.25) is 10.1 Å². The third kappa shape index (κ3) is 3.00. The highest BCUT2D eigenvalue weighted by Crippen LogP contribution is 2.31. The number of rotatable bonds is 4. The summed E-state index contributed by atoms with van der Waals surface area (Å²) in [6.07, 6.45) is 1.49. The van der Waals surface area contributed by atoms with E-state index in [-0.39, 0.29) is 11.5 Å². The van der Waals surface area contributed by atoms with Crippen LogP contribution in [0.15, 0.2) is 41.0 Å². The monoisotopic (exact) mass is 323 g/mol. The van der Waals surface area contributed by atoms with Crippen LogP contribution in [0.1, 0.15) is 0 Å². The predicted molar refractivity (Wildman–Crippen MR) is 74.9 cm³/mol. The number of ether oxygens (including phenoxy) is 1. The average molecular weight is 324 g/mol. The molecular formula is C12H10BrN3O3. The van der Waals surface area contributed by atoms with Gasteiger partial charge in [-0.1, -0.05) is 0 Å². The molecule has 2 aromatic rings. The third-order valence-electron chi connectivity index (χ3n) is 2.40. The van der Waals surface area contributed by atoms with Gasteiger partial charge in [0.15, 0.2) is 0 Å². The second-order valence-electron chi connectivity index (χ2n) is 3.60. The number of nitro groups is 1. The fourth-order valence-corrected chi connectivity index (χ4v) is 1.92. The Kier molecular flexibility index (Phi) is 3.96. The Bertz CT molecular complexity index is 619. The van der Waals surface area contributed by atoms with E-state index in [1.165, 1.54) is 18.3 Å². The van der Waals surface area contributed by atoms with Crippen molar-refractivity contribution >= 4 is 33.1 Å². The van der Waals surface area contributed by atoms with Crippen LogP contribution in [0.3, 0.4) is 0 Å². The molecule has 0 atom stereocenters. The van der Waals surface area contributed by atoms with E-state index in [4.69, 9.17) is 4.74 Å². The fourth-order valence-electron chi connectivity index (χ4n) is 1.51. The molecule has 0 saturated carbocycles. The van der Waals surface area contributed by atoms with Gasteiger partial charge in [-0.15, -0.1) is 0 Å². The maximum Gasteiger partial charge on any atom is 0.311 e. The molecule has 0 aliphatic rings. The number of aromatic nitrogens is 1. The van der Waals surface area contributed by atoms with Crippen molar-refractivity contribution in [3.05, 3.63) is 51.1 Å². The van der Waals surface area contributed by atoms with Crippen LogP contribution < -0.4 is 10.1 Å². The maximum absolute atomic E-state index is 10.9. The maximum atomic E-state index is 10.9. The van der Waals surface area contributed by atoms with Crippen LogP contribution in [0.2, 0.25) is 0 Å². The molecule has 1 heterocycles. The molecule has 0 aliphatic carbocycles. The molecule has 1 N–H and O–H groups in total. The summed E-state index contributed by atoms with van der Waals surface area (Å²) in [5.74, 6) is 0.820. The number of anilines is 2. The molecule has 98 valence electrons. The highest BCUT2D eigenvalue weighted by atomic mass is 79.9. The lowest BCUT2D eigenvalue weighted by molar-refractivity contribution is -0.384. The van der Waals surface area contributed by atoms with Gasteiger partial charge in [0.05, 0.1) is 16.5 Å². The fraction of sp³-hybridized carbons (Fsp3) is 0.0833. The molecule has 0 unspecified atom stereocenters. The van der Waals surface area contributed by atoms with E-state index >= 15 is 0 Å². The SMILES string of the molecule is COc1cc(Nc2ncccc2[N+](=O)[O-])ccc1Br. The molecule has 0 amide bonds. The van der Waals surface area contributed by atoms with Crippen LogP contribution in [0.25, 0.3) is 0 Å². The van der Waals surface area contributed by atoms with Crippen molar-refractivity contribution in [3.8, 4) is 5.75 Å². The second kappa shape index (κ2) is 5.66. The smallest absolute Gasteiger partial charge is 0.311 e. The quantitative estimate of drug-likeness (QED) is 0.688. The first-order valence-electron chi connectivity index (χ1n) is 5.32. The molecule has 0 bridgehead atoms. The largest absolute Gasteiger partial charge is 0.495 e. The van der Waals surface area contributed by atoms with Crippen LogP contribution in [-0.2, 0) is 0 Å². The van der Waals surface area contributed by atoms with Crippen LogP contribution >= 0.6 is 15.9 Å². The van der Waals surface area contributed by atoms with Gasteiger partial charge in [-0.2, -0.15) is 0 Å². The lowest BCUT2D eigenvalue weighted by Crippen LogP contribution is -1.99. The Hall–Kier alpha value is -2.15. The van der Waals surface area contributed by atoms with Gasteiger partial charge < -0.3 is 10.1 Å². The van der Waals surface area contributed by atoms with E-state index in [0.29, 0.717) is 11.4 Å². The van der Waals surface area contributed by atoms with E-state index < -0.39 is 4.92 Å². The molecule has 7 heteroatoms. The number of nitrogens with one attached hydrogen (secondary N) is 1. The van der Waals surface area contributed by atoms with Crippen LogP contribution in [0.4, 0.5) is 17.2 Å². The minimum Gasteiger partial charge on any atom is -0.495 e.